The molecular weight excluding hydrogens is 326 g/mol. The highest BCUT2D eigenvalue weighted by molar-refractivity contribution is 6.17. The molecule has 0 aromatic heterocycles. The Hall–Kier alpha value is -1.55. The molecule has 5 heteroatoms. The number of ether oxygens (including phenoxy) is 1. The number of carbonyl (C=O) groups is 2. The Balaban J connectivity index is 1.70. The van der Waals surface area contributed by atoms with Crippen LogP contribution in [0.1, 0.15) is 50.5 Å². The summed E-state index contributed by atoms with van der Waals surface area (Å²) < 4.78 is 5.36. The summed E-state index contributed by atoms with van der Waals surface area (Å²) >= 11 is 5.61. The van der Waals surface area contributed by atoms with Gasteiger partial charge in [0.25, 0.3) is 0 Å². The van der Waals surface area contributed by atoms with Crippen molar-refractivity contribution in [3.8, 4) is 0 Å². The smallest absolute Gasteiger partial charge is 0.306 e. The monoisotopic (exact) mass is 351 g/mol. The maximum absolute atomic E-state index is 12.0. The van der Waals surface area contributed by atoms with Crippen LogP contribution in [0.15, 0.2) is 30.3 Å². The van der Waals surface area contributed by atoms with Crippen molar-refractivity contribution in [2.75, 3.05) is 5.88 Å². The van der Waals surface area contributed by atoms with Crippen LogP contribution >= 0.6 is 11.6 Å². The first-order valence-electron chi connectivity index (χ1n) is 8.72. The third-order valence-electron chi connectivity index (χ3n) is 4.38. The average molecular weight is 352 g/mol. The molecule has 1 aliphatic carbocycles. The fourth-order valence-corrected chi connectivity index (χ4v) is 3.30. The number of hydrogen-bond donors (Lipinski definition) is 1. The van der Waals surface area contributed by atoms with Crippen LogP contribution < -0.4 is 5.32 Å². The van der Waals surface area contributed by atoms with Crippen molar-refractivity contribution in [2.24, 2.45) is 5.92 Å². The topological polar surface area (TPSA) is 55.4 Å². The molecule has 0 bridgehead atoms. The molecular formula is C19H26ClNO3. The van der Waals surface area contributed by atoms with E-state index >= 15 is 0 Å². The fraction of sp³-hybridized carbons (Fsp3) is 0.579. The van der Waals surface area contributed by atoms with Gasteiger partial charge in [0.1, 0.15) is 6.61 Å². The summed E-state index contributed by atoms with van der Waals surface area (Å²) in [4.78, 5) is 23.8. The largest absolute Gasteiger partial charge is 0.461 e. The van der Waals surface area contributed by atoms with Crippen LogP contribution in [0.25, 0.3) is 0 Å². The number of halogens is 1. The van der Waals surface area contributed by atoms with Gasteiger partial charge in [-0.3, -0.25) is 9.59 Å². The first kappa shape index (κ1) is 18.8. The van der Waals surface area contributed by atoms with E-state index in [4.69, 9.17) is 16.3 Å². The molecule has 2 rings (SSSR count). The number of alkyl halides is 1. The molecule has 0 aliphatic heterocycles. The number of carbonyl (C=O) groups excluding carboxylic acids is 2. The van der Waals surface area contributed by atoms with Gasteiger partial charge < -0.3 is 10.1 Å². The minimum absolute atomic E-state index is 0.0629. The molecule has 0 radical (unpaired) electrons. The SMILES string of the molecule is O=C(CCCCl)N[C@@H]1CCC[C@H](CC(=O)OCc2ccccc2)C1. The number of benzene rings is 1. The van der Waals surface area contributed by atoms with E-state index in [0.29, 0.717) is 37.7 Å². The zero-order valence-corrected chi connectivity index (χ0v) is 14.8. The van der Waals surface area contributed by atoms with Gasteiger partial charge in [0, 0.05) is 24.8 Å². The van der Waals surface area contributed by atoms with Crippen LogP contribution in [-0.4, -0.2) is 23.8 Å². The molecule has 132 valence electrons. The summed E-state index contributed by atoms with van der Waals surface area (Å²) in [5.74, 6) is 0.708. The molecule has 0 heterocycles. The van der Waals surface area contributed by atoms with Crippen molar-refractivity contribution in [3.63, 3.8) is 0 Å². The van der Waals surface area contributed by atoms with Crippen LogP contribution in [-0.2, 0) is 20.9 Å². The lowest BCUT2D eigenvalue weighted by Gasteiger charge is -2.29. The molecule has 1 N–H and O–H groups in total. The van der Waals surface area contributed by atoms with E-state index in [0.717, 1.165) is 31.2 Å². The first-order chi connectivity index (χ1) is 11.7. The predicted molar refractivity (Wildman–Crippen MR) is 94.7 cm³/mol. The Labute approximate surface area is 148 Å². The van der Waals surface area contributed by atoms with Gasteiger partial charge in [-0.25, -0.2) is 0 Å². The van der Waals surface area contributed by atoms with Crippen molar-refractivity contribution < 1.29 is 14.3 Å². The highest BCUT2D eigenvalue weighted by Gasteiger charge is 2.25. The molecule has 24 heavy (non-hydrogen) atoms. The summed E-state index contributed by atoms with van der Waals surface area (Å²) in [6, 6.07) is 9.87. The molecule has 1 fully saturated rings. The molecule has 1 aliphatic rings. The first-order valence-corrected chi connectivity index (χ1v) is 9.25. The standard InChI is InChI=1S/C19H26ClNO3/c20-11-5-10-18(22)21-17-9-4-8-16(12-17)13-19(23)24-14-15-6-2-1-3-7-15/h1-3,6-7,16-17H,4-5,8-14H2,(H,21,22)/t16-,17+/m0/s1. The van der Waals surface area contributed by atoms with Gasteiger partial charge in [-0.05, 0) is 37.2 Å². The Bertz CT molecular complexity index is 521. The Kier molecular flexibility index (Phi) is 8.10. The lowest BCUT2D eigenvalue weighted by Crippen LogP contribution is -2.38. The third kappa shape index (κ3) is 6.91. The highest BCUT2D eigenvalue weighted by Crippen LogP contribution is 2.27. The van der Waals surface area contributed by atoms with E-state index in [9.17, 15) is 9.59 Å². The third-order valence-corrected chi connectivity index (χ3v) is 4.65. The summed E-state index contributed by atoms with van der Waals surface area (Å²) in [5, 5.41) is 3.07. The molecule has 1 saturated carbocycles. The zero-order chi connectivity index (χ0) is 17.2. The van der Waals surface area contributed by atoms with E-state index in [1.54, 1.807) is 0 Å². The van der Waals surface area contributed by atoms with E-state index < -0.39 is 0 Å². The number of rotatable bonds is 8. The number of nitrogens with one attached hydrogen (secondary N) is 1. The predicted octanol–water partition coefficient (Wildman–Crippen LogP) is 3.81. The average Bonchev–Trinajstić information content (AvgIpc) is 2.59. The maximum atomic E-state index is 12.0. The quantitative estimate of drug-likeness (QED) is 0.572. The van der Waals surface area contributed by atoms with Crippen LogP contribution in [0.2, 0.25) is 0 Å². The minimum atomic E-state index is -0.155. The molecule has 0 saturated heterocycles. The number of hydrogen-bond acceptors (Lipinski definition) is 3. The number of amides is 1. The van der Waals surface area contributed by atoms with Gasteiger partial charge >= 0.3 is 5.97 Å². The Morgan fingerprint density at radius 3 is 2.75 bits per heavy atom. The van der Waals surface area contributed by atoms with Crippen molar-refractivity contribution in [3.05, 3.63) is 35.9 Å². The van der Waals surface area contributed by atoms with Gasteiger partial charge in [-0.1, -0.05) is 36.8 Å². The second kappa shape index (κ2) is 10.3. The van der Waals surface area contributed by atoms with Gasteiger partial charge in [0.2, 0.25) is 5.91 Å². The normalized spacial score (nSPS) is 20.4. The van der Waals surface area contributed by atoms with Crippen molar-refractivity contribution >= 4 is 23.5 Å². The molecule has 2 atom stereocenters. The van der Waals surface area contributed by atoms with Gasteiger partial charge in [-0.2, -0.15) is 0 Å². The van der Waals surface area contributed by atoms with Crippen molar-refractivity contribution in [1.29, 1.82) is 0 Å². The fourth-order valence-electron chi connectivity index (χ4n) is 3.17. The summed E-state index contributed by atoms with van der Waals surface area (Å²) in [6.45, 7) is 0.324. The second-order valence-corrected chi connectivity index (χ2v) is 6.82. The second-order valence-electron chi connectivity index (χ2n) is 6.44. The van der Waals surface area contributed by atoms with E-state index in [1.807, 2.05) is 30.3 Å². The molecule has 4 nitrogen and oxygen atoms in total. The lowest BCUT2D eigenvalue weighted by atomic mass is 9.83. The van der Waals surface area contributed by atoms with Gasteiger partial charge in [-0.15, -0.1) is 11.6 Å². The van der Waals surface area contributed by atoms with Crippen LogP contribution in [0, 0.1) is 5.92 Å². The molecule has 1 amide bonds. The Morgan fingerprint density at radius 1 is 1.21 bits per heavy atom. The zero-order valence-electron chi connectivity index (χ0n) is 14.0. The molecule has 0 spiro atoms. The highest BCUT2D eigenvalue weighted by atomic mass is 35.5. The van der Waals surface area contributed by atoms with Crippen LogP contribution in [0.3, 0.4) is 0 Å². The van der Waals surface area contributed by atoms with Crippen molar-refractivity contribution in [2.45, 2.75) is 57.6 Å². The van der Waals surface area contributed by atoms with Crippen LogP contribution in [0.5, 0.6) is 0 Å². The minimum Gasteiger partial charge on any atom is -0.461 e. The summed E-state index contributed by atoms with van der Waals surface area (Å²) in [5.41, 5.74) is 0.999. The molecule has 1 aromatic rings. The van der Waals surface area contributed by atoms with Crippen LogP contribution in [0.4, 0.5) is 0 Å². The van der Waals surface area contributed by atoms with E-state index in [-0.39, 0.29) is 17.9 Å². The number of esters is 1. The molecule has 1 aromatic carbocycles. The maximum Gasteiger partial charge on any atom is 0.306 e. The van der Waals surface area contributed by atoms with Gasteiger partial charge in [0.15, 0.2) is 0 Å². The van der Waals surface area contributed by atoms with Gasteiger partial charge in [0.05, 0.1) is 0 Å². The summed E-state index contributed by atoms with van der Waals surface area (Å²) in [7, 11) is 0. The molecule has 0 unspecified atom stereocenters. The van der Waals surface area contributed by atoms with Crippen molar-refractivity contribution in [1.82, 2.24) is 5.32 Å². The Morgan fingerprint density at radius 2 is 2.00 bits per heavy atom. The van der Waals surface area contributed by atoms with E-state index in [1.165, 1.54) is 0 Å². The van der Waals surface area contributed by atoms with E-state index in [2.05, 4.69) is 5.32 Å². The lowest BCUT2D eigenvalue weighted by molar-refractivity contribution is -0.146. The summed E-state index contributed by atoms with van der Waals surface area (Å²) in [6.07, 6.45) is 5.51.